The van der Waals surface area contributed by atoms with Gasteiger partial charge < -0.3 is 14.4 Å². The highest BCUT2D eigenvalue weighted by Crippen LogP contribution is 2.26. The minimum absolute atomic E-state index is 0.0120. The van der Waals surface area contributed by atoms with E-state index in [-0.39, 0.29) is 23.8 Å². The molecule has 1 aromatic carbocycles. The summed E-state index contributed by atoms with van der Waals surface area (Å²) in [4.78, 5) is 25.0. The molecular weight excluding hydrogens is 352 g/mol. The summed E-state index contributed by atoms with van der Waals surface area (Å²) in [6, 6.07) is 6.03. The number of rotatable bonds is 4. The number of nitrogens with zero attached hydrogens (tertiary/aromatic N) is 4. The van der Waals surface area contributed by atoms with Gasteiger partial charge in [-0.2, -0.15) is 5.10 Å². The molecular formula is C18H20N4O5. The molecule has 2 aromatic rings. The molecule has 9 nitrogen and oxygen atoms in total. The van der Waals surface area contributed by atoms with Crippen LogP contribution in [0, 0.1) is 16.0 Å². The number of piperidine rings is 1. The number of non-ortho nitro benzene ring substituents is 1. The highest BCUT2D eigenvalue weighted by atomic mass is 16.7. The summed E-state index contributed by atoms with van der Waals surface area (Å²) in [6.45, 7) is 2.52. The molecule has 0 radical (unpaired) electrons. The number of carbonyl (C=O) groups is 1. The molecule has 9 heteroatoms. The van der Waals surface area contributed by atoms with E-state index in [9.17, 15) is 14.9 Å². The van der Waals surface area contributed by atoms with Crippen LogP contribution in [0.1, 0.15) is 23.2 Å². The molecule has 0 spiro atoms. The quantitative estimate of drug-likeness (QED) is 0.601. The van der Waals surface area contributed by atoms with Crippen molar-refractivity contribution in [1.29, 1.82) is 0 Å². The average molecular weight is 372 g/mol. The largest absolute Gasteiger partial charge is 0.350 e. The van der Waals surface area contributed by atoms with Crippen molar-refractivity contribution < 1.29 is 19.2 Å². The van der Waals surface area contributed by atoms with Crippen molar-refractivity contribution >= 4 is 11.6 Å². The van der Waals surface area contributed by atoms with E-state index < -0.39 is 4.92 Å². The molecule has 2 aliphatic rings. The molecule has 2 saturated heterocycles. The van der Waals surface area contributed by atoms with Crippen LogP contribution < -0.4 is 0 Å². The fourth-order valence-electron chi connectivity index (χ4n) is 3.55. The van der Waals surface area contributed by atoms with Gasteiger partial charge in [-0.25, -0.2) is 4.68 Å². The summed E-state index contributed by atoms with van der Waals surface area (Å²) in [5.74, 6) is 0.112. The van der Waals surface area contributed by atoms with Crippen molar-refractivity contribution in [2.24, 2.45) is 5.92 Å². The summed E-state index contributed by atoms with van der Waals surface area (Å²) in [6.07, 6.45) is 4.85. The van der Waals surface area contributed by atoms with E-state index in [4.69, 9.17) is 9.47 Å². The molecule has 0 aliphatic carbocycles. The maximum absolute atomic E-state index is 12.8. The van der Waals surface area contributed by atoms with Crippen LogP contribution in [-0.4, -0.2) is 58.1 Å². The van der Waals surface area contributed by atoms with Gasteiger partial charge in [-0.3, -0.25) is 14.9 Å². The lowest BCUT2D eigenvalue weighted by Crippen LogP contribution is -2.43. The second-order valence-electron chi connectivity index (χ2n) is 6.71. The van der Waals surface area contributed by atoms with E-state index in [1.165, 1.54) is 18.3 Å². The Hall–Kier alpha value is -2.78. The van der Waals surface area contributed by atoms with Crippen LogP contribution in [0.25, 0.3) is 5.69 Å². The van der Waals surface area contributed by atoms with E-state index in [1.807, 2.05) is 4.90 Å². The first kappa shape index (κ1) is 17.6. The Kier molecular flexibility index (Phi) is 4.87. The van der Waals surface area contributed by atoms with Crippen molar-refractivity contribution in [1.82, 2.24) is 14.7 Å². The van der Waals surface area contributed by atoms with Crippen LogP contribution in [0.2, 0.25) is 0 Å². The van der Waals surface area contributed by atoms with Crippen LogP contribution in [0.5, 0.6) is 0 Å². The van der Waals surface area contributed by atoms with Crippen molar-refractivity contribution in [3.05, 3.63) is 52.3 Å². The Morgan fingerprint density at radius 2 is 1.96 bits per heavy atom. The Balaban J connectivity index is 1.45. The van der Waals surface area contributed by atoms with Crippen LogP contribution in [0.3, 0.4) is 0 Å². The highest BCUT2D eigenvalue weighted by Gasteiger charge is 2.33. The average Bonchev–Trinajstić information content (AvgIpc) is 3.40. The van der Waals surface area contributed by atoms with Crippen LogP contribution in [0.4, 0.5) is 5.69 Å². The number of hydrogen-bond acceptors (Lipinski definition) is 6. The fourth-order valence-corrected chi connectivity index (χ4v) is 3.55. The number of ether oxygens (including phenoxy) is 2. The minimum Gasteiger partial charge on any atom is -0.350 e. The third-order valence-corrected chi connectivity index (χ3v) is 4.93. The van der Waals surface area contributed by atoms with Crippen molar-refractivity contribution in [2.45, 2.75) is 19.1 Å². The molecule has 2 fully saturated rings. The SMILES string of the molecule is O=C(c1cnn(-c2ccc([N+](=O)[O-])cc2)c1)N1CCCC(C2OCCO2)C1. The predicted octanol–water partition coefficient (Wildman–Crippen LogP) is 2.01. The van der Waals surface area contributed by atoms with Crippen molar-refractivity contribution in [3.63, 3.8) is 0 Å². The molecule has 3 heterocycles. The number of hydrogen-bond donors (Lipinski definition) is 0. The zero-order valence-corrected chi connectivity index (χ0v) is 14.7. The van der Waals surface area contributed by atoms with Gasteiger partial charge in [0.25, 0.3) is 11.6 Å². The monoisotopic (exact) mass is 372 g/mol. The Labute approximate surface area is 155 Å². The molecule has 1 aromatic heterocycles. The first-order valence-corrected chi connectivity index (χ1v) is 8.94. The second-order valence-corrected chi connectivity index (χ2v) is 6.71. The normalized spacial score (nSPS) is 20.7. The smallest absolute Gasteiger partial charge is 0.269 e. The van der Waals surface area contributed by atoms with Gasteiger partial charge >= 0.3 is 0 Å². The maximum Gasteiger partial charge on any atom is 0.269 e. The molecule has 142 valence electrons. The van der Waals surface area contributed by atoms with E-state index in [0.29, 0.717) is 37.6 Å². The van der Waals surface area contributed by atoms with Crippen molar-refractivity contribution in [2.75, 3.05) is 26.3 Å². The van der Waals surface area contributed by atoms with Gasteiger partial charge in [0.2, 0.25) is 0 Å². The van der Waals surface area contributed by atoms with Gasteiger partial charge in [-0.15, -0.1) is 0 Å². The zero-order valence-electron chi connectivity index (χ0n) is 14.7. The molecule has 4 rings (SSSR count). The third-order valence-electron chi connectivity index (χ3n) is 4.93. The summed E-state index contributed by atoms with van der Waals surface area (Å²) in [5.41, 5.74) is 1.16. The fraction of sp³-hybridized carbons (Fsp3) is 0.444. The minimum atomic E-state index is -0.452. The summed E-state index contributed by atoms with van der Waals surface area (Å²) in [7, 11) is 0. The highest BCUT2D eigenvalue weighted by molar-refractivity contribution is 5.93. The number of carbonyl (C=O) groups excluding carboxylic acids is 1. The number of benzene rings is 1. The standard InChI is InChI=1S/C18H20N4O5/c23-17(20-7-1-2-13(11-20)18-26-8-9-27-18)14-10-19-21(12-14)15-3-5-16(6-4-15)22(24)25/h3-6,10,12-13,18H,1-2,7-9,11H2. The summed E-state index contributed by atoms with van der Waals surface area (Å²) in [5, 5.41) is 15.0. The Morgan fingerprint density at radius 3 is 2.67 bits per heavy atom. The molecule has 1 unspecified atom stereocenters. The van der Waals surface area contributed by atoms with Gasteiger partial charge in [-0.1, -0.05) is 0 Å². The molecule has 1 amide bonds. The van der Waals surface area contributed by atoms with Gasteiger partial charge in [0.15, 0.2) is 6.29 Å². The van der Waals surface area contributed by atoms with E-state index in [0.717, 1.165) is 12.8 Å². The topological polar surface area (TPSA) is 99.7 Å². The van der Waals surface area contributed by atoms with Crippen LogP contribution in [-0.2, 0) is 9.47 Å². The lowest BCUT2D eigenvalue weighted by atomic mass is 9.97. The number of aromatic nitrogens is 2. The van der Waals surface area contributed by atoms with Crippen molar-refractivity contribution in [3.8, 4) is 5.69 Å². The zero-order chi connectivity index (χ0) is 18.8. The van der Waals surface area contributed by atoms with Gasteiger partial charge in [-0.05, 0) is 25.0 Å². The molecule has 2 aliphatic heterocycles. The van der Waals surface area contributed by atoms with E-state index >= 15 is 0 Å². The van der Waals surface area contributed by atoms with Gasteiger partial charge in [0, 0.05) is 37.3 Å². The number of nitro benzene ring substituents is 1. The van der Waals surface area contributed by atoms with E-state index in [2.05, 4.69) is 5.10 Å². The molecule has 1 atom stereocenters. The Bertz CT molecular complexity index is 829. The molecule has 27 heavy (non-hydrogen) atoms. The Morgan fingerprint density at radius 1 is 1.22 bits per heavy atom. The maximum atomic E-state index is 12.8. The first-order valence-electron chi connectivity index (χ1n) is 8.94. The number of amides is 1. The van der Waals surface area contributed by atoms with Crippen LogP contribution >= 0.6 is 0 Å². The van der Waals surface area contributed by atoms with Crippen LogP contribution in [0.15, 0.2) is 36.7 Å². The van der Waals surface area contributed by atoms with Gasteiger partial charge in [0.05, 0.1) is 35.6 Å². The molecule has 0 N–H and O–H groups in total. The number of nitro groups is 1. The predicted molar refractivity (Wildman–Crippen MR) is 94.5 cm³/mol. The van der Waals surface area contributed by atoms with E-state index in [1.54, 1.807) is 23.0 Å². The third kappa shape index (κ3) is 3.69. The van der Waals surface area contributed by atoms with Gasteiger partial charge in [0.1, 0.15) is 0 Å². The first-order chi connectivity index (χ1) is 13.1. The summed E-state index contributed by atoms with van der Waals surface area (Å²) < 4.78 is 12.7. The number of likely N-dealkylation sites (tertiary alicyclic amines) is 1. The molecule has 0 bridgehead atoms. The summed E-state index contributed by atoms with van der Waals surface area (Å²) >= 11 is 0. The molecule has 0 saturated carbocycles. The second kappa shape index (κ2) is 7.45. The lowest BCUT2D eigenvalue weighted by Gasteiger charge is -2.34. The lowest BCUT2D eigenvalue weighted by molar-refractivity contribution is -0.384.